The second-order valence-corrected chi connectivity index (χ2v) is 7.80. The predicted octanol–water partition coefficient (Wildman–Crippen LogP) is 4.34. The van der Waals surface area contributed by atoms with Gasteiger partial charge in [-0.05, 0) is 41.5 Å². The van der Waals surface area contributed by atoms with E-state index < -0.39 is 16.2 Å². The Hall–Kier alpha value is -4.66. The van der Waals surface area contributed by atoms with E-state index in [9.17, 15) is 14.9 Å². The molecular weight excluding hydrogens is 434 g/mol. The quantitative estimate of drug-likeness (QED) is 0.279. The molecule has 0 aliphatic heterocycles. The molecule has 2 aromatic carbocycles. The number of pyridine rings is 1. The first-order chi connectivity index (χ1) is 16.6. The molecule has 0 radical (unpaired) electrons. The van der Waals surface area contributed by atoms with Crippen molar-refractivity contribution in [3.63, 3.8) is 0 Å². The number of para-hydroxylation sites is 1. The van der Waals surface area contributed by atoms with Gasteiger partial charge in [-0.3, -0.25) is 19.3 Å². The Morgan fingerprint density at radius 3 is 2.65 bits per heavy atom. The lowest BCUT2D eigenvalue weighted by atomic mass is 9.90. The van der Waals surface area contributed by atoms with Crippen LogP contribution >= 0.6 is 0 Å². The van der Waals surface area contributed by atoms with Gasteiger partial charge < -0.3 is 15.0 Å². The standard InChI is InChI=1S/C25H21N5O4/c1-34-17-11-9-16(10-12-17)19(20-15-26-21-7-3-2-6-18(20)21)14-27-24-23(30(32)33)25(31)29-13-5-4-8-22(29)28-24/h2-13,15,19,26-27H,14H2,1H3. The van der Waals surface area contributed by atoms with Crippen molar-refractivity contribution in [2.45, 2.75) is 5.92 Å². The molecule has 2 N–H and O–H groups in total. The number of rotatable bonds is 7. The van der Waals surface area contributed by atoms with Crippen molar-refractivity contribution in [3.8, 4) is 5.75 Å². The second-order valence-electron chi connectivity index (χ2n) is 7.80. The van der Waals surface area contributed by atoms with Crippen molar-refractivity contribution in [3.05, 3.63) is 111 Å². The number of ether oxygens (including phenoxy) is 1. The SMILES string of the molecule is COc1ccc(C(CNc2nc3ccccn3c(=O)c2[N+](=O)[O-])c2c[nH]c3ccccc23)cc1. The summed E-state index contributed by atoms with van der Waals surface area (Å²) >= 11 is 0. The summed E-state index contributed by atoms with van der Waals surface area (Å²) in [6.07, 6.45) is 3.41. The summed E-state index contributed by atoms with van der Waals surface area (Å²) in [6, 6.07) is 20.6. The highest BCUT2D eigenvalue weighted by Gasteiger charge is 2.25. The van der Waals surface area contributed by atoms with Gasteiger partial charge in [-0.25, -0.2) is 4.98 Å². The van der Waals surface area contributed by atoms with Crippen LogP contribution < -0.4 is 15.6 Å². The first-order valence-corrected chi connectivity index (χ1v) is 10.7. The molecular formula is C25H21N5O4. The molecule has 1 unspecified atom stereocenters. The van der Waals surface area contributed by atoms with Crippen molar-refractivity contribution in [1.29, 1.82) is 0 Å². The molecule has 9 heteroatoms. The van der Waals surface area contributed by atoms with Gasteiger partial charge in [0.05, 0.1) is 12.0 Å². The zero-order valence-corrected chi connectivity index (χ0v) is 18.3. The number of anilines is 1. The average molecular weight is 455 g/mol. The molecule has 0 saturated heterocycles. The van der Waals surface area contributed by atoms with Crippen LogP contribution in [0.3, 0.4) is 0 Å². The Balaban J connectivity index is 1.59. The van der Waals surface area contributed by atoms with Crippen LogP contribution in [-0.2, 0) is 0 Å². The molecule has 5 rings (SSSR count). The third-order valence-corrected chi connectivity index (χ3v) is 5.88. The second kappa shape index (κ2) is 8.70. The zero-order valence-electron chi connectivity index (χ0n) is 18.3. The lowest BCUT2D eigenvalue weighted by Gasteiger charge is -2.19. The van der Waals surface area contributed by atoms with Crippen LogP contribution in [-0.4, -0.2) is 32.9 Å². The van der Waals surface area contributed by atoms with Gasteiger partial charge in [-0.15, -0.1) is 0 Å². The summed E-state index contributed by atoms with van der Waals surface area (Å²) in [5, 5.41) is 15.9. The van der Waals surface area contributed by atoms with Crippen LogP contribution in [0.5, 0.6) is 5.75 Å². The van der Waals surface area contributed by atoms with Gasteiger partial charge in [-0.2, -0.15) is 0 Å². The molecule has 0 bridgehead atoms. The normalized spacial score (nSPS) is 12.0. The Labute approximate surface area is 193 Å². The highest BCUT2D eigenvalue weighted by molar-refractivity contribution is 5.84. The van der Waals surface area contributed by atoms with Gasteiger partial charge in [0.1, 0.15) is 11.4 Å². The minimum Gasteiger partial charge on any atom is -0.497 e. The number of H-pyrrole nitrogens is 1. The smallest absolute Gasteiger partial charge is 0.376 e. The van der Waals surface area contributed by atoms with Gasteiger partial charge in [-0.1, -0.05) is 36.4 Å². The van der Waals surface area contributed by atoms with E-state index in [1.165, 1.54) is 10.6 Å². The topological polar surface area (TPSA) is 115 Å². The minimum atomic E-state index is -0.730. The number of nitrogens with zero attached hydrogens (tertiary/aromatic N) is 3. The first-order valence-electron chi connectivity index (χ1n) is 10.7. The fourth-order valence-corrected chi connectivity index (χ4v) is 4.19. The molecule has 3 aromatic heterocycles. The molecule has 0 aliphatic rings. The molecule has 170 valence electrons. The van der Waals surface area contributed by atoms with E-state index in [0.717, 1.165) is 27.8 Å². The summed E-state index contributed by atoms with van der Waals surface area (Å²) in [7, 11) is 1.61. The van der Waals surface area contributed by atoms with E-state index in [4.69, 9.17) is 4.74 Å². The van der Waals surface area contributed by atoms with Gasteiger partial charge in [0.25, 0.3) is 0 Å². The van der Waals surface area contributed by atoms with E-state index in [1.54, 1.807) is 25.3 Å². The van der Waals surface area contributed by atoms with Gasteiger partial charge >= 0.3 is 11.2 Å². The van der Waals surface area contributed by atoms with Crippen LogP contribution in [0.2, 0.25) is 0 Å². The van der Waals surface area contributed by atoms with Crippen LogP contribution in [0.15, 0.2) is 83.9 Å². The maximum Gasteiger partial charge on any atom is 0.376 e. The van der Waals surface area contributed by atoms with Crippen LogP contribution in [0, 0.1) is 10.1 Å². The van der Waals surface area contributed by atoms with E-state index in [0.29, 0.717) is 5.65 Å². The fraction of sp³-hybridized carbons (Fsp3) is 0.120. The number of hydrogen-bond donors (Lipinski definition) is 2. The maximum absolute atomic E-state index is 12.8. The zero-order chi connectivity index (χ0) is 23.7. The van der Waals surface area contributed by atoms with E-state index in [1.807, 2.05) is 54.7 Å². The van der Waals surface area contributed by atoms with Crippen molar-refractivity contribution in [2.24, 2.45) is 0 Å². The number of methoxy groups -OCH3 is 1. The first kappa shape index (κ1) is 21.2. The molecule has 1 atom stereocenters. The number of aromatic nitrogens is 3. The summed E-state index contributed by atoms with van der Waals surface area (Å²) in [6.45, 7) is 0.282. The van der Waals surface area contributed by atoms with E-state index in [2.05, 4.69) is 15.3 Å². The fourth-order valence-electron chi connectivity index (χ4n) is 4.19. The number of nitrogens with one attached hydrogen (secondary N) is 2. The van der Waals surface area contributed by atoms with Crippen molar-refractivity contribution >= 4 is 28.1 Å². The highest BCUT2D eigenvalue weighted by atomic mass is 16.6. The molecule has 0 fully saturated rings. The molecule has 0 aliphatic carbocycles. The Kier molecular flexibility index (Phi) is 5.43. The monoisotopic (exact) mass is 455 g/mol. The maximum atomic E-state index is 12.8. The predicted molar refractivity (Wildman–Crippen MR) is 130 cm³/mol. The van der Waals surface area contributed by atoms with Gasteiger partial charge in [0.2, 0.25) is 5.82 Å². The van der Waals surface area contributed by atoms with E-state index in [-0.39, 0.29) is 18.3 Å². The highest BCUT2D eigenvalue weighted by Crippen LogP contribution is 2.32. The molecule has 0 amide bonds. The molecule has 9 nitrogen and oxygen atoms in total. The van der Waals surface area contributed by atoms with Crippen LogP contribution in [0.1, 0.15) is 17.0 Å². The minimum absolute atomic E-state index is 0.0560. The Bertz CT molecular complexity index is 1560. The van der Waals surface area contributed by atoms with Crippen molar-refractivity contribution in [1.82, 2.24) is 14.4 Å². The van der Waals surface area contributed by atoms with Crippen LogP contribution in [0.4, 0.5) is 11.5 Å². The lowest BCUT2D eigenvalue weighted by Crippen LogP contribution is -2.23. The summed E-state index contributed by atoms with van der Waals surface area (Å²) < 4.78 is 6.46. The van der Waals surface area contributed by atoms with Crippen molar-refractivity contribution in [2.75, 3.05) is 19.0 Å². The lowest BCUT2D eigenvalue weighted by molar-refractivity contribution is -0.385. The Morgan fingerprint density at radius 2 is 1.88 bits per heavy atom. The summed E-state index contributed by atoms with van der Waals surface area (Å²) in [5.41, 5.74) is 2.01. The number of aromatic amines is 1. The van der Waals surface area contributed by atoms with Crippen LogP contribution in [0.25, 0.3) is 16.6 Å². The number of nitro groups is 1. The van der Waals surface area contributed by atoms with E-state index >= 15 is 0 Å². The third kappa shape index (κ3) is 3.73. The number of benzene rings is 2. The van der Waals surface area contributed by atoms with Crippen molar-refractivity contribution < 1.29 is 9.66 Å². The third-order valence-electron chi connectivity index (χ3n) is 5.88. The molecule has 34 heavy (non-hydrogen) atoms. The number of hydrogen-bond acceptors (Lipinski definition) is 6. The Morgan fingerprint density at radius 1 is 1.12 bits per heavy atom. The largest absolute Gasteiger partial charge is 0.497 e. The molecule has 0 spiro atoms. The molecule has 5 aromatic rings. The molecule has 3 heterocycles. The average Bonchev–Trinajstić information content (AvgIpc) is 3.28. The summed E-state index contributed by atoms with van der Waals surface area (Å²) in [5.74, 6) is 0.492. The van der Waals surface area contributed by atoms with Gasteiger partial charge in [0, 0.05) is 35.8 Å². The molecule has 0 saturated carbocycles. The summed E-state index contributed by atoms with van der Waals surface area (Å²) in [4.78, 5) is 31.5. The van der Waals surface area contributed by atoms with Gasteiger partial charge in [0.15, 0.2) is 0 Å². The number of fused-ring (bicyclic) bond motifs is 2.